The van der Waals surface area contributed by atoms with Crippen LogP contribution in [0.5, 0.6) is 0 Å². The zero-order chi connectivity index (χ0) is 19.6. The number of benzene rings is 2. The summed E-state index contributed by atoms with van der Waals surface area (Å²) in [6.07, 6.45) is 0. The van der Waals surface area contributed by atoms with Crippen molar-refractivity contribution >= 4 is 23.5 Å². The second-order valence-electron chi connectivity index (χ2n) is 6.76. The summed E-state index contributed by atoms with van der Waals surface area (Å²) in [5.74, 6) is -0.611. The molecule has 0 spiro atoms. The maximum absolute atomic E-state index is 12.6. The molecule has 6 nitrogen and oxygen atoms in total. The molecule has 1 aliphatic heterocycles. The molecule has 0 radical (unpaired) electrons. The van der Waals surface area contributed by atoms with E-state index in [0.29, 0.717) is 29.9 Å². The zero-order valence-electron chi connectivity index (χ0n) is 15.7. The first-order valence-electron chi connectivity index (χ1n) is 9.04. The Hall–Kier alpha value is -3.15. The number of urea groups is 1. The minimum Gasteiger partial charge on any atom is -0.320 e. The highest BCUT2D eigenvalue weighted by Gasteiger charge is 2.37. The molecule has 0 saturated carbocycles. The number of carbonyl (C=O) groups is 3. The van der Waals surface area contributed by atoms with Crippen molar-refractivity contribution in [3.05, 3.63) is 65.2 Å². The molecule has 1 N–H and O–H groups in total. The molecule has 0 aromatic heterocycles. The molecule has 2 aromatic rings. The van der Waals surface area contributed by atoms with Crippen LogP contribution in [-0.2, 0) is 6.54 Å². The van der Waals surface area contributed by atoms with Crippen molar-refractivity contribution in [1.29, 1.82) is 0 Å². The van der Waals surface area contributed by atoms with Crippen molar-refractivity contribution < 1.29 is 14.4 Å². The Labute approximate surface area is 158 Å². The highest BCUT2D eigenvalue weighted by Crippen LogP contribution is 2.27. The van der Waals surface area contributed by atoms with Gasteiger partial charge in [0.2, 0.25) is 0 Å². The first kappa shape index (κ1) is 18.6. The lowest BCUT2D eigenvalue weighted by Crippen LogP contribution is -2.35. The van der Waals surface area contributed by atoms with Gasteiger partial charge in [0, 0.05) is 24.8 Å². The fraction of sp³-hybridized carbons (Fsp3) is 0.286. The molecule has 1 heterocycles. The van der Waals surface area contributed by atoms with Gasteiger partial charge in [-0.15, -0.1) is 0 Å². The normalized spacial score (nSPS) is 13.1. The van der Waals surface area contributed by atoms with E-state index in [1.54, 1.807) is 36.9 Å². The van der Waals surface area contributed by atoms with E-state index < -0.39 is 0 Å². The van der Waals surface area contributed by atoms with E-state index in [4.69, 9.17) is 0 Å². The molecule has 1 aliphatic rings. The second-order valence-corrected chi connectivity index (χ2v) is 6.76. The molecule has 0 unspecified atom stereocenters. The van der Waals surface area contributed by atoms with Crippen molar-refractivity contribution in [2.24, 2.45) is 0 Å². The molecule has 27 heavy (non-hydrogen) atoms. The molecule has 0 fully saturated rings. The van der Waals surface area contributed by atoms with E-state index in [1.807, 2.05) is 37.3 Å². The van der Waals surface area contributed by atoms with E-state index in [0.717, 1.165) is 5.56 Å². The van der Waals surface area contributed by atoms with Gasteiger partial charge in [-0.3, -0.25) is 14.5 Å². The van der Waals surface area contributed by atoms with Gasteiger partial charge in [-0.05, 0) is 44.5 Å². The average molecular weight is 365 g/mol. The topological polar surface area (TPSA) is 69.7 Å². The van der Waals surface area contributed by atoms with Gasteiger partial charge in [0.15, 0.2) is 0 Å². The molecule has 0 atom stereocenters. The van der Waals surface area contributed by atoms with E-state index in [2.05, 4.69) is 5.32 Å². The van der Waals surface area contributed by atoms with Gasteiger partial charge < -0.3 is 10.2 Å². The third-order valence-corrected chi connectivity index (χ3v) is 4.57. The number of hydrogen-bond acceptors (Lipinski definition) is 3. The van der Waals surface area contributed by atoms with Gasteiger partial charge in [0.1, 0.15) is 0 Å². The predicted molar refractivity (Wildman–Crippen MR) is 104 cm³/mol. The maximum atomic E-state index is 12.6. The highest BCUT2D eigenvalue weighted by molar-refractivity contribution is 6.22. The molecule has 3 rings (SSSR count). The Morgan fingerprint density at radius 1 is 1.04 bits per heavy atom. The Balaban J connectivity index is 1.76. The van der Waals surface area contributed by atoms with Crippen LogP contribution in [0.25, 0.3) is 0 Å². The van der Waals surface area contributed by atoms with Crippen molar-refractivity contribution in [2.45, 2.75) is 33.4 Å². The van der Waals surface area contributed by atoms with E-state index in [9.17, 15) is 14.4 Å². The zero-order valence-corrected chi connectivity index (χ0v) is 15.7. The predicted octanol–water partition coefficient (Wildman–Crippen LogP) is 3.75. The van der Waals surface area contributed by atoms with Crippen LogP contribution in [0.1, 0.15) is 47.1 Å². The van der Waals surface area contributed by atoms with Crippen molar-refractivity contribution in [1.82, 2.24) is 9.80 Å². The molecule has 0 bridgehead atoms. The van der Waals surface area contributed by atoms with E-state index in [1.165, 1.54) is 4.90 Å². The van der Waals surface area contributed by atoms with Crippen LogP contribution < -0.4 is 5.32 Å². The van der Waals surface area contributed by atoms with Crippen LogP contribution in [0, 0.1) is 0 Å². The van der Waals surface area contributed by atoms with Crippen LogP contribution in [-0.4, -0.2) is 40.2 Å². The highest BCUT2D eigenvalue weighted by atomic mass is 16.2. The number of nitrogens with one attached hydrogen (secondary N) is 1. The van der Waals surface area contributed by atoms with Crippen LogP contribution in [0.3, 0.4) is 0 Å². The van der Waals surface area contributed by atoms with Gasteiger partial charge in [-0.1, -0.05) is 30.3 Å². The van der Waals surface area contributed by atoms with Crippen LogP contribution in [0.15, 0.2) is 48.5 Å². The Morgan fingerprint density at radius 3 is 2.33 bits per heavy atom. The van der Waals surface area contributed by atoms with Crippen molar-refractivity contribution in [2.75, 3.05) is 11.9 Å². The quantitative estimate of drug-likeness (QED) is 0.821. The standard InChI is InChI=1S/C21H23N3O3/c1-4-23(13-15-8-6-5-7-9-15)21(27)22-16-10-11-17-18(12-16)20(26)24(14(2)3)19(17)25/h5-12,14H,4,13H2,1-3H3,(H,22,27). The lowest BCUT2D eigenvalue weighted by atomic mass is 10.1. The molecule has 4 amide bonds. The molecular weight excluding hydrogens is 342 g/mol. The average Bonchev–Trinajstić information content (AvgIpc) is 2.90. The number of amides is 4. The summed E-state index contributed by atoms with van der Waals surface area (Å²) < 4.78 is 0. The molecular formula is C21H23N3O3. The van der Waals surface area contributed by atoms with Gasteiger partial charge in [0.05, 0.1) is 11.1 Å². The van der Waals surface area contributed by atoms with E-state index >= 15 is 0 Å². The minimum atomic E-state index is -0.322. The number of anilines is 1. The maximum Gasteiger partial charge on any atom is 0.322 e. The van der Waals surface area contributed by atoms with Crippen LogP contribution >= 0.6 is 0 Å². The molecule has 140 valence electrons. The number of rotatable bonds is 5. The molecule has 2 aromatic carbocycles. The number of fused-ring (bicyclic) bond motifs is 1. The van der Waals surface area contributed by atoms with Gasteiger partial charge >= 0.3 is 6.03 Å². The third-order valence-electron chi connectivity index (χ3n) is 4.57. The molecule has 0 aliphatic carbocycles. The summed E-state index contributed by atoms with van der Waals surface area (Å²) in [6.45, 7) is 6.55. The lowest BCUT2D eigenvalue weighted by Gasteiger charge is -2.21. The summed E-state index contributed by atoms with van der Waals surface area (Å²) >= 11 is 0. The second kappa shape index (κ2) is 7.61. The van der Waals surface area contributed by atoms with Crippen molar-refractivity contribution in [3.63, 3.8) is 0 Å². The third kappa shape index (κ3) is 3.69. The monoisotopic (exact) mass is 365 g/mol. The Bertz CT molecular complexity index is 877. The number of imide groups is 1. The summed E-state index contributed by atoms with van der Waals surface area (Å²) in [4.78, 5) is 40.4. The first-order chi connectivity index (χ1) is 12.9. The summed E-state index contributed by atoms with van der Waals surface area (Å²) in [5, 5.41) is 2.83. The van der Waals surface area contributed by atoms with E-state index in [-0.39, 0.29) is 23.9 Å². The van der Waals surface area contributed by atoms with Crippen LogP contribution in [0.2, 0.25) is 0 Å². The van der Waals surface area contributed by atoms with Crippen LogP contribution in [0.4, 0.5) is 10.5 Å². The van der Waals surface area contributed by atoms with Gasteiger partial charge in [-0.2, -0.15) is 0 Å². The Kier molecular flexibility index (Phi) is 5.26. The van der Waals surface area contributed by atoms with Crippen molar-refractivity contribution in [3.8, 4) is 0 Å². The van der Waals surface area contributed by atoms with Gasteiger partial charge in [0.25, 0.3) is 11.8 Å². The first-order valence-corrected chi connectivity index (χ1v) is 9.04. The fourth-order valence-corrected chi connectivity index (χ4v) is 3.14. The lowest BCUT2D eigenvalue weighted by molar-refractivity contribution is 0.0609. The smallest absolute Gasteiger partial charge is 0.320 e. The minimum absolute atomic E-state index is 0.211. The fourth-order valence-electron chi connectivity index (χ4n) is 3.14. The van der Waals surface area contributed by atoms with Gasteiger partial charge in [-0.25, -0.2) is 4.79 Å². The molecule has 0 saturated heterocycles. The Morgan fingerprint density at radius 2 is 1.70 bits per heavy atom. The number of hydrogen-bond donors (Lipinski definition) is 1. The summed E-state index contributed by atoms with van der Waals surface area (Å²) in [7, 11) is 0. The summed E-state index contributed by atoms with van der Waals surface area (Å²) in [5.41, 5.74) is 2.25. The summed E-state index contributed by atoms with van der Waals surface area (Å²) in [6, 6.07) is 14.1. The number of carbonyl (C=O) groups excluding carboxylic acids is 3. The molecule has 6 heteroatoms. The largest absolute Gasteiger partial charge is 0.322 e. The number of nitrogens with zero attached hydrogens (tertiary/aromatic N) is 2. The SMILES string of the molecule is CCN(Cc1ccccc1)C(=O)Nc1ccc2c(c1)C(=O)N(C(C)C)C2=O.